The van der Waals surface area contributed by atoms with Crippen LogP contribution in [-0.4, -0.2) is 45.7 Å². The van der Waals surface area contributed by atoms with Gasteiger partial charge in [-0.3, -0.25) is 4.68 Å². The van der Waals surface area contributed by atoms with Crippen molar-refractivity contribution in [3.8, 4) is 0 Å². The number of ether oxygens (including phenoxy) is 1. The van der Waals surface area contributed by atoms with E-state index in [1.807, 2.05) is 26.1 Å². The number of aromatic nitrogens is 4. The second-order valence-corrected chi connectivity index (χ2v) is 6.74. The summed E-state index contributed by atoms with van der Waals surface area (Å²) in [6.07, 6.45) is 5.26. The Kier molecular flexibility index (Phi) is 6.21. The highest BCUT2D eigenvalue weighted by Crippen LogP contribution is 2.29. The third-order valence-electron chi connectivity index (χ3n) is 4.45. The molecular formula is C17H26N6O3. The molecule has 2 aromatic heterocycles. The number of rotatable bonds is 7. The highest BCUT2D eigenvalue weighted by atomic mass is 16.5. The average Bonchev–Trinajstić information content (AvgIpc) is 3.32. The number of nitrogens with one attached hydrogen (secondary N) is 2. The van der Waals surface area contributed by atoms with E-state index in [2.05, 4.69) is 25.9 Å². The number of carbonyl (C=O) groups excluding carboxylic acids is 1. The van der Waals surface area contributed by atoms with Gasteiger partial charge in [0, 0.05) is 38.1 Å². The highest BCUT2D eigenvalue weighted by molar-refractivity contribution is 5.74. The maximum atomic E-state index is 12.4. The lowest BCUT2D eigenvalue weighted by Gasteiger charge is -2.28. The van der Waals surface area contributed by atoms with Crippen LogP contribution in [0.25, 0.3) is 0 Å². The van der Waals surface area contributed by atoms with Crippen molar-refractivity contribution in [2.24, 2.45) is 5.92 Å². The summed E-state index contributed by atoms with van der Waals surface area (Å²) in [5, 5.41) is 14.0. The Morgan fingerprint density at radius 3 is 2.85 bits per heavy atom. The van der Waals surface area contributed by atoms with Gasteiger partial charge in [-0.05, 0) is 24.8 Å². The maximum absolute atomic E-state index is 12.4. The number of nitrogens with zero attached hydrogens (tertiary/aromatic N) is 4. The molecule has 3 rings (SSSR count). The minimum Gasteiger partial charge on any atom is -0.381 e. The summed E-state index contributed by atoms with van der Waals surface area (Å²) in [5.41, 5.74) is 0. The Balaban J connectivity index is 1.61. The molecule has 2 N–H and O–H groups in total. The second-order valence-electron chi connectivity index (χ2n) is 6.74. The van der Waals surface area contributed by atoms with Crippen molar-refractivity contribution in [2.75, 3.05) is 19.8 Å². The Hall–Kier alpha value is -2.42. The van der Waals surface area contributed by atoms with Crippen LogP contribution in [0, 0.1) is 5.92 Å². The molecule has 9 nitrogen and oxygen atoms in total. The van der Waals surface area contributed by atoms with Crippen molar-refractivity contribution >= 4 is 6.03 Å². The van der Waals surface area contributed by atoms with E-state index in [9.17, 15) is 4.79 Å². The van der Waals surface area contributed by atoms with Crippen LogP contribution in [0.3, 0.4) is 0 Å². The lowest BCUT2D eigenvalue weighted by Crippen LogP contribution is -2.42. The molecule has 2 amide bonds. The normalized spacial score (nSPS) is 16.6. The smallest absolute Gasteiger partial charge is 0.315 e. The van der Waals surface area contributed by atoms with Gasteiger partial charge in [-0.15, -0.1) is 0 Å². The lowest BCUT2D eigenvalue weighted by atomic mass is 9.91. The summed E-state index contributed by atoms with van der Waals surface area (Å²) in [4.78, 5) is 16.8. The number of urea groups is 1. The molecule has 142 valence electrons. The predicted octanol–water partition coefficient (Wildman–Crippen LogP) is 1.86. The fraction of sp³-hybridized carbons (Fsp3) is 0.647. The molecule has 3 heterocycles. The molecule has 0 spiro atoms. The quantitative estimate of drug-likeness (QED) is 0.778. The van der Waals surface area contributed by atoms with Crippen LogP contribution in [0.1, 0.15) is 50.4 Å². The molecule has 0 bridgehead atoms. The van der Waals surface area contributed by atoms with Gasteiger partial charge >= 0.3 is 6.03 Å². The van der Waals surface area contributed by atoms with Crippen molar-refractivity contribution in [1.29, 1.82) is 0 Å². The summed E-state index contributed by atoms with van der Waals surface area (Å²) in [6, 6.07) is 1.28. The van der Waals surface area contributed by atoms with E-state index < -0.39 is 0 Å². The van der Waals surface area contributed by atoms with Gasteiger partial charge in [-0.25, -0.2) is 4.79 Å². The average molecular weight is 362 g/mol. The molecule has 9 heteroatoms. The third-order valence-corrected chi connectivity index (χ3v) is 4.45. The van der Waals surface area contributed by atoms with E-state index in [-0.39, 0.29) is 23.9 Å². The number of hydrogen-bond donors (Lipinski definition) is 2. The van der Waals surface area contributed by atoms with Crippen molar-refractivity contribution in [3.05, 3.63) is 30.2 Å². The van der Waals surface area contributed by atoms with Crippen molar-refractivity contribution < 1.29 is 14.1 Å². The maximum Gasteiger partial charge on any atom is 0.315 e. The van der Waals surface area contributed by atoms with Crippen LogP contribution in [0.4, 0.5) is 4.79 Å². The first-order chi connectivity index (χ1) is 12.6. The Labute approximate surface area is 152 Å². The summed E-state index contributed by atoms with van der Waals surface area (Å²) in [6.45, 7) is 6.46. The predicted molar refractivity (Wildman–Crippen MR) is 93.4 cm³/mol. The van der Waals surface area contributed by atoms with Crippen LogP contribution in [0.2, 0.25) is 0 Å². The Morgan fingerprint density at radius 2 is 2.19 bits per heavy atom. The van der Waals surface area contributed by atoms with E-state index in [0.29, 0.717) is 38.0 Å². The molecule has 0 unspecified atom stereocenters. The zero-order valence-corrected chi connectivity index (χ0v) is 15.2. The molecule has 1 fully saturated rings. The summed E-state index contributed by atoms with van der Waals surface area (Å²) >= 11 is 0. The molecular weight excluding hydrogens is 336 g/mol. The Morgan fingerprint density at radius 1 is 1.38 bits per heavy atom. The first kappa shape index (κ1) is 18.4. The summed E-state index contributed by atoms with van der Waals surface area (Å²) in [5.74, 6) is 1.49. The van der Waals surface area contributed by atoms with Gasteiger partial charge in [0.05, 0.1) is 6.54 Å². The number of amides is 2. The van der Waals surface area contributed by atoms with Crippen molar-refractivity contribution in [3.63, 3.8) is 0 Å². The SMILES string of the molecule is CC(C)c1noc([C@H](NC(=O)NCCn2cccn2)C2CCOCC2)n1. The van der Waals surface area contributed by atoms with E-state index >= 15 is 0 Å². The highest BCUT2D eigenvalue weighted by Gasteiger charge is 2.31. The molecule has 1 atom stereocenters. The van der Waals surface area contributed by atoms with Crippen LogP contribution < -0.4 is 10.6 Å². The standard InChI is InChI=1S/C17H26N6O3/c1-12(2)15-21-16(26-22-15)14(13-4-10-25-11-5-13)20-17(24)18-7-9-23-8-3-6-19-23/h3,6,8,12-14H,4-5,7,9-11H2,1-2H3,(H2,18,20,24)/t14-/m1/s1. The largest absolute Gasteiger partial charge is 0.381 e. The van der Waals surface area contributed by atoms with Crippen LogP contribution in [0.5, 0.6) is 0 Å². The molecule has 1 aliphatic rings. The van der Waals surface area contributed by atoms with Gasteiger partial charge < -0.3 is 19.9 Å². The van der Waals surface area contributed by atoms with E-state index in [0.717, 1.165) is 12.8 Å². The first-order valence-corrected chi connectivity index (χ1v) is 9.06. The zero-order chi connectivity index (χ0) is 18.4. The van der Waals surface area contributed by atoms with Gasteiger partial charge in [0.15, 0.2) is 5.82 Å². The van der Waals surface area contributed by atoms with Gasteiger partial charge in [-0.2, -0.15) is 10.1 Å². The van der Waals surface area contributed by atoms with Gasteiger partial charge in [0.2, 0.25) is 5.89 Å². The third kappa shape index (κ3) is 4.81. The minimum atomic E-state index is -0.316. The molecule has 26 heavy (non-hydrogen) atoms. The number of carbonyl (C=O) groups is 1. The molecule has 0 saturated carbocycles. The monoisotopic (exact) mass is 362 g/mol. The number of hydrogen-bond acceptors (Lipinski definition) is 6. The van der Waals surface area contributed by atoms with Crippen LogP contribution in [0.15, 0.2) is 23.0 Å². The fourth-order valence-corrected chi connectivity index (χ4v) is 2.95. The van der Waals surface area contributed by atoms with Gasteiger partial charge in [0.25, 0.3) is 0 Å². The van der Waals surface area contributed by atoms with Crippen molar-refractivity contribution in [2.45, 2.75) is 45.2 Å². The van der Waals surface area contributed by atoms with Gasteiger partial charge in [-0.1, -0.05) is 19.0 Å². The topological polar surface area (TPSA) is 107 Å². The van der Waals surface area contributed by atoms with Crippen molar-refractivity contribution in [1.82, 2.24) is 30.6 Å². The van der Waals surface area contributed by atoms with Crippen LogP contribution >= 0.6 is 0 Å². The minimum absolute atomic E-state index is 0.172. The van der Waals surface area contributed by atoms with Crippen LogP contribution in [-0.2, 0) is 11.3 Å². The van der Waals surface area contributed by atoms with Gasteiger partial charge in [0.1, 0.15) is 6.04 Å². The fourth-order valence-electron chi connectivity index (χ4n) is 2.95. The van der Waals surface area contributed by atoms with E-state index in [4.69, 9.17) is 9.26 Å². The molecule has 1 aliphatic heterocycles. The Bertz CT molecular complexity index is 678. The molecule has 0 aliphatic carbocycles. The molecule has 0 radical (unpaired) electrons. The van der Waals surface area contributed by atoms with E-state index in [1.165, 1.54) is 0 Å². The molecule has 1 saturated heterocycles. The summed E-state index contributed by atoms with van der Waals surface area (Å²) < 4.78 is 12.6. The first-order valence-electron chi connectivity index (χ1n) is 9.06. The van der Waals surface area contributed by atoms with E-state index in [1.54, 1.807) is 10.9 Å². The summed E-state index contributed by atoms with van der Waals surface area (Å²) in [7, 11) is 0. The second kappa shape index (κ2) is 8.79. The zero-order valence-electron chi connectivity index (χ0n) is 15.2. The molecule has 2 aromatic rings. The lowest BCUT2D eigenvalue weighted by molar-refractivity contribution is 0.0503. The molecule has 0 aromatic carbocycles.